The minimum Gasteiger partial charge on any atom is -0.480 e. The van der Waals surface area contributed by atoms with E-state index in [-0.39, 0.29) is 6.04 Å². The number of ether oxygens (including phenoxy) is 2. The molecule has 0 saturated heterocycles. The Labute approximate surface area is 97.3 Å². The first-order valence-electron chi connectivity index (χ1n) is 5.63. The number of hydrogen-bond donors (Lipinski definition) is 1. The third-order valence-corrected chi connectivity index (χ3v) is 2.44. The van der Waals surface area contributed by atoms with Gasteiger partial charge in [-0.15, -0.1) is 0 Å². The molecule has 1 unspecified atom stereocenters. The Bertz CT molecular complexity index is 187. The van der Waals surface area contributed by atoms with Gasteiger partial charge in [-0.2, -0.15) is 0 Å². The van der Waals surface area contributed by atoms with Crippen molar-refractivity contribution in [2.24, 2.45) is 0 Å². The number of carboxylic acid groups (broad SMARTS) is 1. The van der Waals surface area contributed by atoms with Crippen LogP contribution >= 0.6 is 0 Å². The second-order valence-electron chi connectivity index (χ2n) is 3.70. The summed E-state index contributed by atoms with van der Waals surface area (Å²) in [5.74, 6) is -0.759. The minimum absolute atomic E-state index is 0.390. The molecule has 0 aromatic carbocycles. The number of nitrogens with zero attached hydrogens (tertiary/aromatic N) is 1. The van der Waals surface area contributed by atoms with E-state index in [0.29, 0.717) is 26.2 Å². The van der Waals surface area contributed by atoms with Gasteiger partial charge in [0.25, 0.3) is 0 Å². The molecule has 0 aliphatic heterocycles. The van der Waals surface area contributed by atoms with Gasteiger partial charge in [0.05, 0.1) is 13.2 Å². The summed E-state index contributed by atoms with van der Waals surface area (Å²) in [4.78, 5) is 12.7. The van der Waals surface area contributed by atoms with E-state index in [1.165, 1.54) is 0 Å². The summed E-state index contributed by atoms with van der Waals surface area (Å²) in [5.41, 5.74) is 0. The van der Waals surface area contributed by atoms with E-state index in [0.717, 1.165) is 13.0 Å². The molecule has 0 amide bonds. The van der Waals surface area contributed by atoms with Gasteiger partial charge in [0.15, 0.2) is 0 Å². The second kappa shape index (κ2) is 9.57. The highest BCUT2D eigenvalue weighted by molar-refractivity contribution is 5.73. The number of methoxy groups -OCH3 is 1. The van der Waals surface area contributed by atoms with Crippen LogP contribution in [-0.4, -0.2) is 62.5 Å². The lowest BCUT2D eigenvalue weighted by atomic mass is 10.2. The molecule has 0 spiro atoms. The topological polar surface area (TPSA) is 59.0 Å². The van der Waals surface area contributed by atoms with Gasteiger partial charge in [-0.3, -0.25) is 9.69 Å². The van der Waals surface area contributed by atoms with Gasteiger partial charge in [-0.1, -0.05) is 6.92 Å². The van der Waals surface area contributed by atoms with E-state index in [2.05, 4.69) is 0 Å². The summed E-state index contributed by atoms with van der Waals surface area (Å²) in [6.07, 6.45) is 1.46. The Hall–Kier alpha value is -0.650. The molecule has 96 valence electrons. The van der Waals surface area contributed by atoms with Crippen LogP contribution in [0.2, 0.25) is 0 Å². The zero-order valence-electron chi connectivity index (χ0n) is 10.4. The highest BCUT2D eigenvalue weighted by atomic mass is 16.5. The van der Waals surface area contributed by atoms with Crippen LogP contribution in [-0.2, 0) is 14.3 Å². The van der Waals surface area contributed by atoms with Gasteiger partial charge in [0.2, 0.25) is 0 Å². The van der Waals surface area contributed by atoms with Crippen molar-refractivity contribution in [1.82, 2.24) is 4.90 Å². The maximum atomic E-state index is 10.9. The molecule has 5 heteroatoms. The predicted molar refractivity (Wildman–Crippen MR) is 61.7 cm³/mol. The number of aliphatic carboxylic acids is 1. The number of carboxylic acids is 1. The van der Waals surface area contributed by atoms with E-state index in [4.69, 9.17) is 14.6 Å². The van der Waals surface area contributed by atoms with Crippen molar-refractivity contribution in [3.8, 4) is 0 Å². The Morgan fingerprint density at radius 2 is 2.06 bits per heavy atom. The third kappa shape index (κ3) is 6.76. The minimum atomic E-state index is -0.759. The molecular formula is C11H23NO4. The van der Waals surface area contributed by atoms with Gasteiger partial charge in [0, 0.05) is 20.3 Å². The van der Waals surface area contributed by atoms with Crippen LogP contribution in [0.1, 0.15) is 19.8 Å². The molecule has 1 atom stereocenters. The summed E-state index contributed by atoms with van der Waals surface area (Å²) in [6, 6.07) is -0.390. The molecule has 0 radical (unpaired) electrons. The molecular weight excluding hydrogens is 210 g/mol. The average Bonchev–Trinajstić information content (AvgIpc) is 2.23. The molecule has 0 rings (SSSR count). The average molecular weight is 233 g/mol. The maximum Gasteiger partial charge on any atom is 0.320 e. The van der Waals surface area contributed by atoms with Crippen molar-refractivity contribution in [2.75, 3.05) is 40.5 Å². The van der Waals surface area contributed by atoms with E-state index in [1.54, 1.807) is 7.11 Å². The van der Waals surface area contributed by atoms with E-state index >= 15 is 0 Å². The summed E-state index contributed by atoms with van der Waals surface area (Å²) in [6.45, 7) is 4.45. The summed E-state index contributed by atoms with van der Waals surface area (Å²) < 4.78 is 10.1. The van der Waals surface area contributed by atoms with Crippen LogP contribution in [0.3, 0.4) is 0 Å². The van der Waals surface area contributed by atoms with Gasteiger partial charge in [0.1, 0.15) is 6.04 Å². The fraction of sp³-hybridized carbons (Fsp3) is 0.909. The Morgan fingerprint density at radius 3 is 2.56 bits per heavy atom. The van der Waals surface area contributed by atoms with E-state index in [1.807, 2.05) is 18.9 Å². The molecule has 5 nitrogen and oxygen atoms in total. The van der Waals surface area contributed by atoms with Crippen molar-refractivity contribution in [2.45, 2.75) is 25.8 Å². The quantitative estimate of drug-likeness (QED) is 0.566. The Morgan fingerprint density at radius 1 is 1.38 bits per heavy atom. The molecule has 0 heterocycles. The molecule has 16 heavy (non-hydrogen) atoms. The molecule has 0 aliphatic carbocycles. The fourth-order valence-corrected chi connectivity index (χ4v) is 1.49. The standard InChI is InChI=1S/C11H23NO4/c1-4-10(11(13)14)12(2)6-5-7-16-9-8-15-3/h10H,4-9H2,1-3H3,(H,13,14). The van der Waals surface area contributed by atoms with Crippen molar-refractivity contribution >= 4 is 5.97 Å². The van der Waals surface area contributed by atoms with E-state index < -0.39 is 5.97 Å². The SMILES string of the molecule is CCC(C(=O)O)N(C)CCCOCCOC. The summed E-state index contributed by atoms with van der Waals surface area (Å²) in [7, 11) is 3.47. The van der Waals surface area contributed by atoms with Crippen LogP contribution in [0.5, 0.6) is 0 Å². The van der Waals surface area contributed by atoms with Gasteiger partial charge in [-0.05, 0) is 19.9 Å². The third-order valence-electron chi connectivity index (χ3n) is 2.44. The van der Waals surface area contributed by atoms with Crippen LogP contribution in [0.4, 0.5) is 0 Å². The lowest BCUT2D eigenvalue weighted by Gasteiger charge is -2.23. The zero-order chi connectivity index (χ0) is 12.4. The van der Waals surface area contributed by atoms with Crippen LogP contribution in [0.25, 0.3) is 0 Å². The Balaban J connectivity index is 3.55. The van der Waals surface area contributed by atoms with Crippen LogP contribution < -0.4 is 0 Å². The number of hydrogen-bond acceptors (Lipinski definition) is 4. The first-order valence-corrected chi connectivity index (χ1v) is 5.63. The molecule has 0 bridgehead atoms. The molecule has 0 saturated carbocycles. The molecule has 1 N–H and O–H groups in total. The fourth-order valence-electron chi connectivity index (χ4n) is 1.49. The molecule has 0 fully saturated rings. The number of rotatable bonds is 10. The first kappa shape index (κ1) is 15.3. The van der Waals surface area contributed by atoms with Crippen LogP contribution in [0, 0.1) is 0 Å². The normalized spacial score (nSPS) is 13.0. The van der Waals surface area contributed by atoms with Crippen LogP contribution in [0.15, 0.2) is 0 Å². The van der Waals surface area contributed by atoms with Gasteiger partial charge >= 0.3 is 5.97 Å². The maximum absolute atomic E-state index is 10.9. The number of carbonyl (C=O) groups is 1. The smallest absolute Gasteiger partial charge is 0.320 e. The number of likely N-dealkylation sites (N-methyl/N-ethyl adjacent to an activating group) is 1. The lowest BCUT2D eigenvalue weighted by molar-refractivity contribution is -0.142. The first-order chi connectivity index (χ1) is 7.63. The Kier molecular flexibility index (Phi) is 9.18. The largest absolute Gasteiger partial charge is 0.480 e. The van der Waals surface area contributed by atoms with Crippen molar-refractivity contribution in [1.29, 1.82) is 0 Å². The lowest BCUT2D eigenvalue weighted by Crippen LogP contribution is -2.38. The zero-order valence-corrected chi connectivity index (χ0v) is 10.4. The van der Waals surface area contributed by atoms with Crippen molar-refractivity contribution < 1.29 is 19.4 Å². The molecule has 0 aromatic heterocycles. The molecule has 0 aliphatic rings. The van der Waals surface area contributed by atoms with E-state index in [9.17, 15) is 4.79 Å². The highest BCUT2D eigenvalue weighted by Gasteiger charge is 2.19. The predicted octanol–water partition coefficient (Wildman–Crippen LogP) is 0.835. The summed E-state index contributed by atoms with van der Waals surface area (Å²) >= 11 is 0. The van der Waals surface area contributed by atoms with Gasteiger partial charge < -0.3 is 14.6 Å². The highest BCUT2D eigenvalue weighted by Crippen LogP contribution is 2.02. The van der Waals surface area contributed by atoms with Crippen molar-refractivity contribution in [3.05, 3.63) is 0 Å². The van der Waals surface area contributed by atoms with Crippen molar-refractivity contribution in [3.63, 3.8) is 0 Å². The van der Waals surface area contributed by atoms with Gasteiger partial charge in [-0.25, -0.2) is 0 Å². The summed E-state index contributed by atoms with van der Waals surface area (Å²) in [5, 5.41) is 8.93. The second-order valence-corrected chi connectivity index (χ2v) is 3.70. The molecule has 0 aromatic rings. The monoisotopic (exact) mass is 233 g/mol.